The van der Waals surface area contributed by atoms with Crippen molar-refractivity contribution in [1.29, 1.82) is 0 Å². The van der Waals surface area contributed by atoms with Gasteiger partial charge < -0.3 is 20.1 Å². The maximum absolute atomic E-state index is 5.33. The summed E-state index contributed by atoms with van der Waals surface area (Å²) in [6.45, 7) is 8.11. The van der Waals surface area contributed by atoms with Crippen LogP contribution in [0.2, 0.25) is 0 Å². The van der Waals surface area contributed by atoms with Crippen LogP contribution in [0.15, 0.2) is 0 Å². The predicted molar refractivity (Wildman–Crippen MR) is 70.8 cm³/mol. The molecule has 0 aromatic heterocycles. The highest BCUT2D eigenvalue weighted by Crippen LogP contribution is 1.87. The van der Waals surface area contributed by atoms with Crippen LogP contribution < -0.4 is 10.6 Å². The van der Waals surface area contributed by atoms with Gasteiger partial charge in [0.2, 0.25) is 0 Å². The average molecular weight is 248 g/mol. The highest BCUT2D eigenvalue weighted by molar-refractivity contribution is 7.80. The van der Waals surface area contributed by atoms with Crippen LogP contribution in [0, 0.1) is 5.92 Å². The summed E-state index contributed by atoms with van der Waals surface area (Å²) >= 11 is 5.11. The summed E-state index contributed by atoms with van der Waals surface area (Å²) in [4.78, 5) is 0. The van der Waals surface area contributed by atoms with Gasteiger partial charge in [0.1, 0.15) is 0 Å². The molecule has 4 nitrogen and oxygen atoms in total. The van der Waals surface area contributed by atoms with Crippen molar-refractivity contribution in [1.82, 2.24) is 10.6 Å². The molecule has 0 aliphatic carbocycles. The first-order valence-corrected chi connectivity index (χ1v) is 6.16. The van der Waals surface area contributed by atoms with Crippen LogP contribution in [0.1, 0.15) is 20.3 Å². The van der Waals surface area contributed by atoms with Crippen LogP contribution in [0.25, 0.3) is 0 Å². The molecule has 0 atom stereocenters. The fourth-order valence-electron chi connectivity index (χ4n) is 0.980. The van der Waals surface area contributed by atoms with Crippen LogP contribution in [-0.4, -0.2) is 45.1 Å². The molecule has 0 aromatic rings. The van der Waals surface area contributed by atoms with Gasteiger partial charge in [0.05, 0.1) is 13.2 Å². The minimum atomic E-state index is 0.608. The van der Waals surface area contributed by atoms with E-state index in [1.54, 1.807) is 7.11 Å². The number of rotatable bonds is 9. The highest BCUT2D eigenvalue weighted by Gasteiger charge is 1.96. The molecule has 0 bridgehead atoms. The van der Waals surface area contributed by atoms with Crippen molar-refractivity contribution in [3.05, 3.63) is 0 Å². The van der Waals surface area contributed by atoms with Crippen LogP contribution >= 0.6 is 12.2 Å². The van der Waals surface area contributed by atoms with E-state index in [1.807, 2.05) is 0 Å². The fourth-order valence-corrected chi connectivity index (χ4v) is 1.17. The zero-order chi connectivity index (χ0) is 12.2. The predicted octanol–water partition coefficient (Wildman–Crippen LogP) is 1.16. The Balaban J connectivity index is 3.15. The summed E-state index contributed by atoms with van der Waals surface area (Å²) in [6.07, 6.45) is 0.952. The second kappa shape index (κ2) is 11.1. The van der Waals surface area contributed by atoms with Gasteiger partial charge >= 0.3 is 0 Å². The van der Waals surface area contributed by atoms with Crippen molar-refractivity contribution in [2.45, 2.75) is 20.3 Å². The number of thiocarbonyl (C=S) groups is 1. The van der Waals surface area contributed by atoms with Gasteiger partial charge in [0, 0.05) is 26.8 Å². The monoisotopic (exact) mass is 248 g/mol. The lowest BCUT2D eigenvalue weighted by Gasteiger charge is -2.12. The SMILES string of the molecule is COCCOCCCNC(=S)NCC(C)C. The molecule has 0 rings (SSSR count). The lowest BCUT2D eigenvalue weighted by Crippen LogP contribution is -2.37. The molecule has 0 fully saturated rings. The summed E-state index contributed by atoms with van der Waals surface area (Å²) in [5.74, 6) is 0.608. The minimum absolute atomic E-state index is 0.608. The Morgan fingerprint density at radius 1 is 1.19 bits per heavy atom. The van der Waals surface area contributed by atoms with E-state index in [-0.39, 0.29) is 0 Å². The Labute approximate surface area is 104 Å². The molecular formula is C11H24N2O2S. The second-order valence-corrected chi connectivity index (χ2v) is 4.40. The van der Waals surface area contributed by atoms with E-state index in [9.17, 15) is 0 Å². The quantitative estimate of drug-likeness (QED) is 0.473. The molecule has 0 aliphatic rings. The number of ether oxygens (including phenoxy) is 2. The number of nitrogens with one attached hydrogen (secondary N) is 2. The molecule has 0 spiro atoms. The molecule has 16 heavy (non-hydrogen) atoms. The Bertz CT molecular complexity index is 177. The van der Waals surface area contributed by atoms with Crippen molar-refractivity contribution in [3.63, 3.8) is 0 Å². The molecule has 96 valence electrons. The van der Waals surface area contributed by atoms with Crippen LogP contribution in [-0.2, 0) is 9.47 Å². The summed E-state index contributed by atoms with van der Waals surface area (Å²) in [6, 6.07) is 0. The number of methoxy groups -OCH3 is 1. The maximum atomic E-state index is 5.33. The number of hydrogen-bond donors (Lipinski definition) is 2. The first-order chi connectivity index (χ1) is 7.66. The first-order valence-electron chi connectivity index (χ1n) is 5.75. The first kappa shape index (κ1) is 15.6. The zero-order valence-electron chi connectivity index (χ0n) is 10.5. The molecule has 5 heteroatoms. The Kier molecular flexibility index (Phi) is 10.8. The molecule has 0 aromatic carbocycles. The maximum Gasteiger partial charge on any atom is 0.166 e. The normalized spacial score (nSPS) is 10.5. The summed E-state index contributed by atoms with van der Waals surface area (Å²) in [7, 11) is 1.67. The van der Waals surface area contributed by atoms with E-state index in [0.717, 1.165) is 31.2 Å². The lowest BCUT2D eigenvalue weighted by molar-refractivity contribution is 0.0699. The van der Waals surface area contributed by atoms with E-state index < -0.39 is 0 Å². The topological polar surface area (TPSA) is 42.5 Å². The fraction of sp³-hybridized carbons (Fsp3) is 0.909. The van der Waals surface area contributed by atoms with Crippen LogP contribution in [0.3, 0.4) is 0 Å². The summed E-state index contributed by atoms with van der Waals surface area (Å²) in [5.41, 5.74) is 0. The third-order valence-corrected chi connectivity index (χ3v) is 2.14. The van der Waals surface area contributed by atoms with Crippen molar-refractivity contribution >= 4 is 17.3 Å². The third kappa shape index (κ3) is 11.7. The molecule has 0 radical (unpaired) electrons. The van der Waals surface area contributed by atoms with E-state index in [2.05, 4.69) is 24.5 Å². The lowest BCUT2D eigenvalue weighted by atomic mass is 10.2. The summed E-state index contributed by atoms with van der Waals surface area (Å²) in [5, 5.41) is 7.02. The largest absolute Gasteiger partial charge is 0.382 e. The Morgan fingerprint density at radius 3 is 2.56 bits per heavy atom. The smallest absolute Gasteiger partial charge is 0.166 e. The summed E-state index contributed by atoms with van der Waals surface area (Å²) < 4.78 is 10.2. The van der Waals surface area contributed by atoms with Gasteiger partial charge in [-0.1, -0.05) is 13.8 Å². The molecular weight excluding hydrogens is 224 g/mol. The molecule has 0 saturated heterocycles. The van der Waals surface area contributed by atoms with E-state index in [0.29, 0.717) is 19.1 Å². The third-order valence-electron chi connectivity index (χ3n) is 1.85. The van der Waals surface area contributed by atoms with Gasteiger partial charge in [-0.05, 0) is 24.6 Å². The molecule has 0 aliphatic heterocycles. The van der Waals surface area contributed by atoms with Gasteiger partial charge in [-0.25, -0.2) is 0 Å². The highest BCUT2D eigenvalue weighted by atomic mass is 32.1. The van der Waals surface area contributed by atoms with Gasteiger partial charge in [-0.3, -0.25) is 0 Å². The van der Waals surface area contributed by atoms with Crippen LogP contribution in [0.4, 0.5) is 0 Å². The molecule has 0 unspecified atom stereocenters. The standard InChI is InChI=1S/C11H24N2O2S/c1-10(2)9-13-11(16)12-5-4-6-15-8-7-14-3/h10H,4-9H2,1-3H3,(H2,12,13,16). The van der Waals surface area contributed by atoms with Gasteiger partial charge in [0.15, 0.2) is 5.11 Å². The zero-order valence-corrected chi connectivity index (χ0v) is 11.4. The Hall–Kier alpha value is -0.390. The van der Waals surface area contributed by atoms with E-state index in [4.69, 9.17) is 21.7 Å². The van der Waals surface area contributed by atoms with Crippen LogP contribution in [0.5, 0.6) is 0 Å². The van der Waals surface area contributed by atoms with Crippen molar-refractivity contribution in [3.8, 4) is 0 Å². The molecule has 0 amide bonds. The minimum Gasteiger partial charge on any atom is -0.382 e. The van der Waals surface area contributed by atoms with E-state index >= 15 is 0 Å². The Morgan fingerprint density at radius 2 is 1.94 bits per heavy atom. The molecule has 2 N–H and O–H groups in total. The van der Waals surface area contributed by atoms with Gasteiger partial charge in [-0.15, -0.1) is 0 Å². The average Bonchev–Trinajstić information content (AvgIpc) is 2.25. The van der Waals surface area contributed by atoms with E-state index in [1.165, 1.54) is 0 Å². The van der Waals surface area contributed by atoms with Gasteiger partial charge in [0.25, 0.3) is 0 Å². The van der Waals surface area contributed by atoms with Crippen molar-refractivity contribution in [2.75, 3.05) is 40.0 Å². The second-order valence-electron chi connectivity index (χ2n) is 3.99. The molecule has 0 heterocycles. The van der Waals surface area contributed by atoms with Gasteiger partial charge in [-0.2, -0.15) is 0 Å². The van der Waals surface area contributed by atoms with Crippen molar-refractivity contribution in [2.24, 2.45) is 5.92 Å². The number of hydrogen-bond acceptors (Lipinski definition) is 3. The van der Waals surface area contributed by atoms with Crippen molar-refractivity contribution < 1.29 is 9.47 Å². The molecule has 0 saturated carbocycles.